The monoisotopic (exact) mass is 288 g/mol. The zero-order valence-corrected chi connectivity index (χ0v) is 14.7. The smallest absolute Gasteiger partial charge is 0.0367 e. The molecule has 1 saturated heterocycles. The van der Waals surface area contributed by atoms with Crippen LogP contribution in [-0.2, 0) is 0 Å². The van der Waals surface area contributed by atoms with Crippen molar-refractivity contribution in [2.24, 2.45) is 5.41 Å². The molecule has 0 bridgehead atoms. The van der Waals surface area contributed by atoms with E-state index >= 15 is 0 Å². The Balaban J connectivity index is 2.00. The van der Waals surface area contributed by atoms with E-state index in [9.17, 15) is 0 Å². The van der Waals surface area contributed by atoms with Gasteiger partial charge in [-0.1, -0.05) is 39.8 Å². The van der Waals surface area contributed by atoms with Crippen LogP contribution in [0.2, 0.25) is 0 Å². The molecule has 1 aromatic rings. The molecular weight excluding hydrogens is 256 g/mol. The Morgan fingerprint density at radius 2 is 1.38 bits per heavy atom. The Kier molecular flexibility index (Phi) is 4.98. The first kappa shape index (κ1) is 16.4. The first-order valence-electron chi connectivity index (χ1n) is 8.38. The molecule has 0 N–H and O–H groups in total. The predicted molar refractivity (Wildman–Crippen MR) is 93.2 cm³/mol. The summed E-state index contributed by atoms with van der Waals surface area (Å²) in [5.74, 6) is 0.587. The molecule has 21 heavy (non-hydrogen) atoms. The van der Waals surface area contributed by atoms with Gasteiger partial charge in [0, 0.05) is 37.9 Å². The zero-order valence-electron chi connectivity index (χ0n) is 14.7. The molecule has 1 aromatic carbocycles. The quantitative estimate of drug-likeness (QED) is 0.815. The van der Waals surface area contributed by atoms with E-state index in [1.165, 1.54) is 24.3 Å². The Morgan fingerprint density at radius 1 is 0.857 bits per heavy atom. The first-order valence-corrected chi connectivity index (χ1v) is 8.38. The molecule has 1 aliphatic heterocycles. The van der Waals surface area contributed by atoms with Crippen molar-refractivity contribution in [1.29, 1.82) is 0 Å². The largest absolute Gasteiger partial charge is 0.369 e. The van der Waals surface area contributed by atoms with Crippen LogP contribution in [0.1, 0.15) is 53.0 Å². The first-order chi connectivity index (χ1) is 9.79. The average Bonchev–Trinajstić information content (AvgIpc) is 2.46. The van der Waals surface area contributed by atoms with Crippen molar-refractivity contribution in [1.82, 2.24) is 4.90 Å². The second-order valence-corrected chi connectivity index (χ2v) is 7.80. The highest BCUT2D eigenvalue weighted by molar-refractivity contribution is 5.48. The van der Waals surface area contributed by atoms with Gasteiger partial charge in [-0.15, -0.1) is 0 Å². The molecule has 0 aliphatic carbocycles. The number of benzene rings is 1. The van der Waals surface area contributed by atoms with E-state index < -0.39 is 0 Å². The van der Waals surface area contributed by atoms with Gasteiger partial charge >= 0.3 is 0 Å². The predicted octanol–water partition coefficient (Wildman–Crippen LogP) is 4.37. The van der Waals surface area contributed by atoms with Crippen molar-refractivity contribution in [3.05, 3.63) is 29.8 Å². The molecule has 2 heteroatoms. The fraction of sp³-hybridized carbons (Fsp3) is 0.684. The molecular formula is C19H32N2. The lowest BCUT2D eigenvalue weighted by atomic mass is 9.78. The number of nitrogens with zero attached hydrogens (tertiary/aromatic N) is 2. The molecule has 1 heterocycles. The lowest BCUT2D eigenvalue weighted by molar-refractivity contribution is 0.209. The normalized spacial score (nSPS) is 19.1. The van der Waals surface area contributed by atoms with Crippen molar-refractivity contribution in [2.45, 2.75) is 53.5 Å². The van der Waals surface area contributed by atoms with E-state index in [1.807, 2.05) is 0 Å². The molecule has 0 aromatic heterocycles. The van der Waals surface area contributed by atoms with Crippen LogP contribution in [0.5, 0.6) is 0 Å². The summed E-state index contributed by atoms with van der Waals surface area (Å²) in [4.78, 5) is 5.08. The summed E-state index contributed by atoms with van der Waals surface area (Å²) in [5, 5.41) is 0. The van der Waals surface area contributed by atoms with Crippen molar-refractivity contribution < 1.29 is 0 Å². The van der Waals surface area contributed by atoms with Crippen molar-refractivity contribution >= 4 is 5.69 Å². The molecule has 0 amide bonds. The molecule has 1 aliphatic rings. The van der Waals surface area contributed by atoms with Crippen LogP contribution < -0.4 is 4.90 Å². The van der Waals surface area contributed by atoms with Crippen LogP contribution in [0.15, 0.2) is 24.3 Å². The fourth-order valence-electron chi connectivity index (χ4n) is 2.97. The molecule has 118 valence electrons. The van der Waals surface area contributed by atoms with Gasteiger partial charge < -0.3 is 4.90 Å². The summed E-state index contributed by atoms with van der Waals surface area (Å²) in [7, 11) is 0. The fourth-order valence-corrected chi connectivity index (χ4v) is 2.97. The van der Waals surface area contributed by atoms with Gasteiger partial charge in [0.2, 0.25) is 0 Å². The standard InChI is InChI=1S/C19H32N2/c1-15(2)20-11-13-21(14-12-20)18-9-7-17(8-10-18)16(3)19(4,5)6/h7-10,15-16H,11-14H2,1-6H3. The average molecular weight is 288 g/mol. The topological polar surface area (TPSA) is 6.48 Å². The third-order valence-corrected chi connectivity index (χ3v) is 5.10. The maximum Gasteiger partial charge on any atom is 0.0367 e. The van der Waals surface area contributed by atoms with Gasteiger partial charge in [0.15, 0.2) is 0 Å². The van der Waals surface area contributed by atoms with Crippen LogP contribution in [0.25, 0.3) is 0 Å². The molecule has 1 unspecified atom stereocenters. The molecule has 1 fully saturated rings. The second-order valence-electron chi connectivity index (χ2n) is 7.80. The summed E-state index contributed by atoms with van der Waals surface area (Å²) in [6.07, 6.45) is 0. The number of rotatable bonds is 3. The van der Waals surface area contributed by atoms with E-state index in [-0.39, 0.29) is 0 Å². The van der Waals surface area contributed by atoms with E-state index in [2.05, 4.69) is 75.6 Å². The second kappa shape index (κ2) is 6.39. The minimum absolute atomic E-state index is 0.324. The Bertz CT molecular complexity index is 434. The molecule has 2 rings (SSSR count). The van der Waals surface area contributed by atoms with Crippen LogP contribution in [0, 0.1) is 5.41 Å². The third kappa shape index (κ3) is 4.00. The van der Waals surface area contributed by atoms with Crippen molar-refractivity contribution in [3.8, 4) is 0 Å². The Hall–Kier alpha value is -1.02. The lowest BCUT2D eigenvalue weighted by Gasteiger charge is -2.38. The Labute approximate surface area is 131 Å². The summed E-state index contributed by atoms with van der Waals surface area (Å²) < 4.78 is 0. The summed E-state index contributed by atoms with van der Waals surface area (Å²) >= 11 is 0. The van der Waals surface area contributed by atoms with Crippen molar-refractivity contribution in [3.63, 3.8) is 0 Å². The van der Waals surface area contributed by atoms with Gasteiger partial charge in [0.1, 0.15) is 0 Å². The number of hydrogen-bond donors (Lipinski definition) is 0. The molecule has 1 atom stereocenters. The van der Waals surface area contributed by atoms with Crippen LogP contribution in [0.3, 0.4) is 0 Å². The number of anilines is 1. The van der Waals surface area contributed by atoms with Crippen LogP contribution in [0.4, 0.5) is 5.69 Å². The molecule has 2 nitrogen and oxygen atoms in total. The highest BCUT2D eigenvalue weighted by Gasteiger charge is 2.22. The van der Waals surface area contributed by atoms with E-state index in [1.54, 1.807) is 0 Å². The maximum absolute atomic E-state index is 2.56. The summed E-state index contributed by atoms with van der Waals surface area (Å²) in [5.41, 5.74) is 3.15. The third-order valence-electron chi connectivity index (χ3n) is 5.10. The van der Waals surface area contributed by atoms with Crippen LogP contribution >= 0.6 is 0 Å². The maximum atomic E-state index is 2.56. The lowest BCUT2D eigenvalue weighted by Crippen LogP contribution is -2.48. The molecule has 0 saturated carbocycles. The van der Waals surface area contributed by atoms with Gasteiger partial charge in [0.05, 0.1) is 0 Å². The van der Waals surface area contributed by atoms with E-state index in [0.29, 0.717) is 17.4 Å². The van der Waals surface area contributed by atoms with Gasteiger partial charge in [-0.05, 0) is 42.9 Å². The summed E-state index contributed by atoms with van der Waals surface area (Å²) in [6.45, 7) is 18.5. The van der Waals surface area contributed by atoms with Gasteiger partial charge in [-0.3, -0.25) is 4.90 Å². The highest BCUT2D eigenvalue weighted by atomic mass is 15.3. The van der Waals surface area contributed by atoms with Gasteiger partial charge in [-0.2, -0.15) is 0 Å². The minimum atomic E-state index is 0.324. The zero-order chi connectivity index (χ0) is 15.6. The Morgan fingerprint density at radius 3 is 1.81 bits per heavy atom. The minimum Gasteiger partial charge on any atom is -0.369 e. The SMILES string of the molecule is CC(C)N1CCN(c2ccc(C(C)C(C)(C)C)cc2)CC1. The molecule has 0 radical (unpaired) electrons. The summed E-state index contributed by atoms with van der Waals surface area (Å²) in [6, 6.07) is 9.92. The highest BCUT2D eigenvalue weighted by Crippen LogP contribution is 2.35. The number of hydrogen-bond acceptors (Lipinski definition) is 2. The van der Waals surface area contributed by atoms with E-state index in [0.717, 1.165) is 13.1 Å². The van der Waals surface area contributed by atoms with E-state index in [4.69, 9.17) is 0 Å². The van der Waals surface area contributed by atoms with Crippen molar-refractivity contribution in [2.75, 3.05) is 31.1 Å². The molecule has 0 spiro atoms. The van der Waals surface area contributed by atoms with Crippen LogP contribution in [-0.4, -0.2) is 37.1 Å². The number of piperazine rings is 1. The van der Waals surface area contributed by atoms with Gasteiger partial charge in [0.25, 0.3) is 0 Å². The van der Waals surface area contributed by atoms with Gasteiger partial charge in [-0.25, -0.2) is 0 Å².